The van der Waals surface area contributed by atoms with Crippen molar-refractivity contribution < 1.29 is 29.0 Å². The first-order chi connectivity index (χ1) is 16.5. The van der Waals surface area contributed by atoms with E-state index in [1.54, 1.807) is 0 Å². The highest BCUT2D eigenvalue weighted by molar-refractivity contribution is 5.97. The van der Waals surface area contributed by atoms with Gasteiger partial charge in [-0.05, 0) is 28.3 Å². The molecule has 3 aromatic rings. The van der Waals surface area contributed by atoms with Crippen LogP contribution in [0.2, 0.25) is 0 Å². The molecule has 1 aromatic heterocycles. The molecule has 0 fully saturated rings. The molecule has 1 heterocycles. The van der Waals surface area contributed by atoms with Crippen LogP contribution in [0.5, 0.6) is 0 Å². The van der Waals surface area contributed by atoms with E-state index in [9.17, 15) is 14.4 Å². The van der Waals surface area contributed by atoms with Gasteiger partial charge in [0.2, 0.25) is 5.91 Å². The Kier molecular flexibility index (Phi) is 6.84. The Hall–Kier alpha value is -4.24. The van der Waals surface area contributed by atoms with Crippen LogP contribution in [-0.2, 0) is 14.3 Å². The molecule has 0 aliphatic heterocycles. The van der Waals surface area contributed by atoms with Gasteiger partial charge in [0, 0.05) is 19.2 Å². The Morgan fingerprint density at radius 3 is 2.29 bits per heavy atom. The lowest BCUT2D eigenvalue weighted by Crippen LogP contribution is -2.47. The number of methoxy groups -OCH3 is 1. The summed E-state index contributed by atoms with van der Waals surface area (Å²) in [5.74, 6) is -1.88. The van der Waals surface area contributed by atoms with Crippen molar-refractivity contribution in [3.05, 3.63) is 83.7 Å². The molecule has 2 amide bonds. The minimum absolute atomic E-state index is 0.0782. The van der Waals surface area contributed by atoms with Gasteiger partial charge >= 0.3 is 12.1 Å². The fourth-order valence-electron chi connectivity index (χ4n) is 3.99. The van der Waals surface area contributed by atoms with Crippen molar-refractivity contribution >= 4 is 23.7 Å². The number of carboxylic acids is 1. The van der Waals surface area contributed by atoms with Crippen LogP contribution in [-0.4, -0.2) is 54.4 Å². The van der Waals surface area contributed by atoms with Gasteiger partial charge in [-0.1, -0.05) is 48.5 Å². The number of aromatic carboxylic acids is 1. The first-order valence-corrected chi connectivity index (χ1v) is 10.6. The molecule has 0 saturated heterocycles. The van der Waals surface area contributed by atoms with Gasteiger partial charge in [0.1, 0.15) is 12.6 Å². The number of nitrogens with one attached hydrogen (secondary N) is 2. The van der Waals surface area contributed by atoms with Crippen LogP contribution in [0.1, 0.15) is 27.4 Å². The molecule has 1 aliphatic rings. The Balaban J connectivity index is 1.40. The third-order valence-electron chi connectivity index (χ3n) is 5.54. The van der Waals surface area contributed by atoms with Gasteiger partial charge in [-0.3, -0.25) is 9.78 Å². The molecule has 34 heavy (non-hydrogen) atoms. The van der Waals surface area contributed by atoms with E-state index in [0.717, 1.165) is 22.3 Å². The molecule has 0 spiro atoms. The van der Waals surface area contributed by atoms with Crippen molar-refractivity contribution in [3.63, 3.8) is 0 Å². The van der Waals surface area contributed by atoms with E-state index < -0.39 is 24.0 Å². The molecule has 4 rings (SSSR count). The maximum Gasteiger partial charge on any atom is 0.407 e. The van der Waals surface area contributed by atoms with Gasteiger partial charge < -0.3 is 25.2 Å². The van der Waals surface area contributed by atoms with E-state index in [4.69, 9.17) is 14.6 Å². The maximum absolute atomic E-state index is 12.7. The normalized spacial score (nSPS) is 12.9. The van der Waals surface area contributed by atoms with Crippen LogP contribution in [0.15, 0.2) is 67.0 Å². The second kappa shape index (κ2) is 10.1. The van der Waals surface area contributed by atoms with Crippen LogP contribution < -0.4 is 10.6 Å². The number of nitrogens with zero attached hydrogens (tertiary/aromatic N) is 1. The van der Waals surface area contributed by atoms with Gasteiger partial charge in [0.25, 0.3) is 0 Å². The molecule has 0 unspecified atom stereocenters. The lowest BCUT2D eigenvalue weighted by molar-refractivity contribution is -0.119. The molecule has 3 N–H and O–H groups in total. The summed E-state index contributed by atoms with van der Waals surface area (Å²) in [6.45, 7) is -0.00611. The highest BCUT2D eigenvalue weighted by atomic mass is 16.5. The lowest BCUT2D eigenvalue weighted by Gasteiger charge is -2.19. The van der Waals surface area contributed by atoms with Crippen LogP contribution >= 0.6 is 0 Å². The quantitative estimate of drug-likeness (QED) is 0.470. The van der Waals surface area contributed by atoms with Crippen molar-refractivity contribution in [2.75, 3.05) is 25.6 Å². The number of aromatic nitrogens is 1. The van der Waals surface area contributed by atoms with Gasteiger partial charge in [0.05, 0.1) is 24.1 Å². The first kappa shape index (κ1) is 22.9. The summed E-state index contributed by atoms with van der Waals surface area (Å²) in [6.07, 6.45) is 1.71. The molecule has 174 valence electrons. The molecule has 0 radical (unpaired) electrons. The third-order valence-corrected chi connectivity index (χ3v) is 5.54. The van der Waals surface area contributed by atoms with E-state index >= 15 is 0 Å². The number of carbonyl (C=O) groups excluding carboxylic acids is 2. The smallest absolute Gasteiger partial charge is 0.407 e. The van der Waals surface area contributed by atoms with Crippen LogP contribution in [0.3, 0.4) is 0 Å². The van der Waals surface area contributed by atoms with Crippen molar-refractivity contribution in [1.82, 2.24) is 10.3 Å². The number of amides is 2. The molecule has 1 aliphatic carbocycles. The molecule has 0 saturated carbocycles. The van der Waals surface area contributed by atoms with Gasteiger partial charge in [-0.25, -0.2) is 9.59 Å². The first-order valence-electron chi connectivity index (χ1n) is 10.6. The number of alkyl carbamates (subject to hydrolysis) is 1. The minimum atomic E-state index is -1.17. The SMILES string of the molecule is COC[C@H](NC(=O)OCC1c2ccccc2-c2ccccc21)C(=O)Nc1cncc(C(=O)O)c1. The number of rotatable bonds is 8. The summed E-state index contributed by atoms with van der Waals surface area (Å²) in [6, 6.07) is 16.2. The highest BCUT2D eigenvalue weighted by Crippen LogP contribution is 2.44. The summed E-state index contributed by atoms with van der Waals surface area (Å²) in [5.41, 5.74) is 4.48. The largest absolute Gasteiger partial charge is 0.478 e. The number of hydrogen-bond donors (Lipinski definition) is 3. The predicted octanol–water partition coefficient (Wildman–Crippen LogP) is 3.27. The Morgan fingerprint density at radius 1 is 1.03 bits per heavy atom. The van der Waals surface area contributed by atoms with Gasteiger partial charge in [-0.15, -0.1) is 0 Å². The lowest BCUT2D eigenvalue weighted by atomic mass is 9.98. The molecule has 2 aromatic carbocycles. The van der Waals surface area contributed by atoms with Gasteiger partial charge in [-0.2, -0.15) is 0 Å². The number of fused-ring (bicyclic) bond motifs is 3. The summed E-state index contributed by atoms with van der Waals surface area (Å²) < 4.78 is 10.5. The van der Waals surface area contributed by atoms with Crippen molar-refractivity contribution in [2.45, 2.75) is 12.0 Å². The van der Waals surface area contributed by atoms with E-state index in [1.807, 2.05) is 48.5 Å². The fourth-order valence-corrected chi connectivity index (χ4v) is 3.99. The molecular formula is C25H23N3O6. The molecule has 9 heteroatoms. The van der Waals surface area contributed by atoms with E-state index in [0.29, 0.717) is 0 Å². The standard InChI is InChI=1S/C25H23N3O6/c1-33-14-22(23(29)27-16-10-15(24(30)31)11-26-12-16)28-25(32)34-13-21-19-8-4-2-6-17(19)18-7-3-5-9-20(18)21/h2-12,21-22H,13-14H2,1H3,(H,27,29)(H,28,32)(H,30,31)/t22-/m0/s1. The van der Waals surface area contributed by atoms with Crippen LogP contribution in [0.25, 0.3) is 11.1 Å². The number of ether oxygens (including phenoxy) is 2. The number of benzene rings is 2. The van der Waals surface area contributed by atoms with Crippen LogP contribution in [0.4, 0.5) is 10.5 Å². The third kappa shape index (κ3) is 4.89. The molecule has 0 bridgehead atoms. The summed E-state index contributed by atoms with van der Waals surface area (Å²) in [5, 5.41) is 14.1. The van der Waals surface area contributed by atoms with E-state index in [2.05, 4.69) is 15.6 Å². The summed E-state index contributed by atoms with van der Waals surface area (Å²) >= 11 is 0. The monoisotopic (exact) mass is 461 g/mol. The Morgan fingerprint density at radius 2 is 1.68 bits per heavy atom. The van der Waals surface area contributed by atoms with Crippen molar-refractivity contribution in [1.29, 1.82) is 0 Å². The highest BCUT2D eigenvalue weighted by Gasteiger charge is 2.30. The number of hydrogen-bond acceptors (Lipinski definition) is 6. The number of carboxylic acid groups (broad SMARTS) is 1. The second-order valence-electron chi connectivity index (χ2n) is 7.73. The van der Waals surface area contributed by atoms with E-state index in [1.165, 1.54) is 25.6 Å². The molecule has 9 nitrogen and oxygen atoms in total. The zero-order valence-electron chi connectivity index (χ0n) is 18.4. The van der Waals surface area contributed by atoms with Gasteiger partial charge in [0.15, 0.2) is 0 Å². The topological polar surface area (TPSA) is 127 Å². The summed E-state index contributed by atoms with van der Waals surface area (Å²) in [4.78, 5) is 40.1. The fraction of sp³-hybridized carbons (Fsp3) is 0.200. The zero-order valence-corrected chi connectivity index (χ0v) is 18.4. The predicted molar refractivity (Wildman–Crippen MR) is 124 cm³/mol. The number of anilines is 1. The number of pyridine rings is 1. The molecule has 1 atom stereocenters. The van der Waals surface area contributed by atoms with Crippen molar-refractivity contribution in [2.24, 2.45) is 0 Å². The summed E-state index contributed by atoms with van der Waals surface area (Å²) in [7, 11) is 1.40. The maximum atomic E-state index is 12.7. The Labute approximate surface area is 195 Å². The second-order valence-corrected chi connectivity index (χ2v) is 7.73. The zero-order chi connectivity index (χ0) is 24.1. The van der Waals surface area contributed by atoms with Crippen LogP contribution in [0, 0.1) is 0 Å². The number of carbonyl (C=O) groups is 3. The average Bonchev–Trinajstić information content (AvgIpc) is 3.16. The van der Waals surface area contributed by atoms with E-state index in [-0.39, 0.29) is 30.4 Å². The Bertz CT molecular complexity index is 1180. The van der Waals surface area contributed by atoms with Crippen molar-refractivity contribution in [3.8, 4) is 11.1 Å². The average molecular weight is 461 g/mol. The minimum Gasteiger partial charge on any atom is -0.478 e. The molecular weight excluding hydrogens is 438 g/mol.